The van der Waals surface area contributed by atoms with Crippen molar-refractivity contribution in [2.75, 3.05) is 27.0 Å². The predicted octanol–water partition coefficient (Wildman–Crippen LogP) is 4.59. The molecule has 4 heterocycles. The van der Waals surface area contributed by atoms with Crippen molar-refractivity contribution in [3.05, 3.63) is 95.2 Å². The van der Waals surface area contributed by atoms with E-state index in [1.54, 1.807) is 0 Å². The zero-order chi connectivity index (χ0) is 24.9. The molecule has 0 aliphatic carbocycles. The molecule has 4 aromatic rings. The monoisotopic (exact) mass is 495 g/mol. The highest BCUT2D eigenvalue weighted by Gasteiger charge is 2.53. The molecule has 0 radical (unpaired) electrons. The van der Waals surface area contributed by atoms with Crippen molar-refractivity contribution in [1.82, 2.24) is 14.8 Å². The molecule has 7 heteroatoms. The number of hydrogen-bond donors (Lipinski definition) is 1. The van der Waals surface area contributed by atoms with Crippen LogP contribution >= 0.6 is 0 Å². The molecule has 0 amide bonds. The number of aromatic amines is 1. The smallest absolute Gasteiger partial charge is 0.325 e. The molecule has 3 aliphatic heterocycles. The summed E-state index contributed by atoms with van der Waals surface area (Å²) in [7, 11) is 1.49. The number of H-pyrrole nitrogens is 1. The minimum absolute atomic E-state index is 0.0188. The summed E-state index contributed by atoms with van der Waals surface area (Å²) in [5.41, 5.74) is 6.06. The Hall–Kier alpha value is -3.81. The Morgan fingerprint density at radius 1 is 1.05 bits per heavy atom. The fourth-order valence-electron chi connectivity index (χ4n) is 6.44. The van der Waals surface area contributed by atoms with Crippen LogP contribution in [-0.4, -0.2) is 53.8 Å². The van der Waals surface area contributed by atoms with E-state index < -0.39 is 6.04 Å². The fourth-order valence-corrected chi connectivity index (χ4v) is 6.44. The van der Waals surface area contributed by atoms with E-state index in [1.807, 2.05) is 12.1 Å². The summed E-state index contributed by atoms with van der Waals surface area (Å²) in [5.74, 6) is 1.26. The first-order chi connectivity index (χ1) is 18.2. The van der Waals surface area contributed by atoms with Crippen LogP contribution in [0.3, 0.4) is 0 Å². The van der Waals surface area contributed by atoms with E-state index in [0.29, 0.717) is 0 Å². The van der Waals surface area contributed by atoms with E-state index in [4.69, 9.17) is 14.2 Å². The number of esters is 1. The number of nitrogens with zero attached hydrogens (tertiary/aromatic N) is 2. The zero-order valence-corrected chi connectivity index (χ0v) is 20.7. The maximum atomic E-state index is 13.4. The Balaban J connectivity index is 1.33. The lowest BCUT2D eigenvalue weighted by atomic mass is 9.96. The minimum atomic E-state index is -0.424. The average molecular weight is 496 g/mol. The number of aromatic nitrogens is 1. The van der Waals surface area contributed by atoms with Gasteiger partial charge in [0.15, 0.2) is 11.5 Å². The van der Waals surface area contributed by atoms with Crippen LogP contribution in [0.2, 0.25) is 0 Å². The molecule has 7 nitrogen and oxygen atoms in total. The maximum absolute atomic E-state index is 13.4. The topological polar surface area (TPSA) is 67.0 Å². The Morgan fingerprint density at radius 3 is 2.81 bits per heavy atom. The highest BCUT2D eigenvalue weighted by atomic mass is 16.7. The summed E-state index contributed by atoms with van der Waals surface area (Å²) < 4.78 is 16.7. The predicted molar refractivity (Wildman–Crippen MR) is 139 cm³/mol. The SMILES string of the molecule is COC(=O)[C@@H]1[C@@H](c2ccc3c(c2)OCO3)N(CCc2c[nH]c3ccccc23)[C@H]2c3ccccc3CCN21. The summed E-state index contributed by atoms with van der Waals surface area (Å²) >= 11 is 0. The summed E-state index contributed by atoms with van der Waals surface area (Å²) in [5, 5.41) is 1.24. The molecule has 3 aliphatic rings. The van der Waals surface area contributed by atoms with Crippen molar-refractivity contribution in [1.29, 1.82) is 0 Å². The quantitative estimate of drug-likeness (QED) is 0.409. The lowest BCUT2D eigenvalue weighted by Crippen LogP contribution is -2.43. The van der Waals surface area contributed by atoms with Crippen molar-refractivity contribution in [3.8, 4) is 11.5 Å². The molecule has 188 valence electrons. The third-order valence-electron chi connectivity index (χ3n) is 8.11. The number of rotatable bonds is 5. The zero-order valence-electron chi connectivity index (χ0n) is 20.7. The van der Waals surface area contributed by atoms with Crippen LogP contribution < -0.4 is 9.47 Å². The molecule has 7 rings (SSSR count). The lowest BCUT2D eigenvalue weighted by Gasteiger charge is -2.37. The molecule has 1 fully saturated rings. The summed E-state index contributed by atoms with van der Waals surface area (Å²) in [4.78, 5) is 21.6. The van der Waals surface area contributed by atoms with Gasteiger partial charge in [-0.15, -0.1) is 0 Å². The van der Waals surface area contributed by atoms with E-state index in [9.17, 15) is 4.79 Å². The molecule has 37 heavy (non-hydrogen) atoms. The fraction of sp³-hybridized carbons (Fsp3) is 0.300. The van der Waals surface area contributed by atoms with Crippen LogP contribution in [0.1, 0.15) is 34.5 Å². The molecule has 0 saturated carbocycles. The molecule has 0 bridgehead atoms. The number of carbonyl (C=O) groups is 1. The number of carbonyl (C=O) groups excluding carboxylic acids is 1. The number of nitrogens with one attached hydrogen (secondary N) is 1. The molecular formula is C30H29N3O4. The molecular weight excluding hydrogens is 466 g/mol. The van der Waals surface area contributed by atoms with Gasteiger partial charge in [-0.1, -0.05) is 48.5 Å². The van der Waals surface area contributed by atoms with Gasteiger partial charge in [0.2, 0.25) is 6.79 Å². The van der Waals surface area contributed by atoms with Crippen LogP contribution in [0.4, 0.5) is 0 Å². The first kappa shape index (κ1) is 22.4. The standard InChI is InChI=1S/C30H29N3O4/c1-35-30(34)28-27(20-10-11-25-26(16-20)37-18-36-25)32(15-13-21-17-31-24-9-5-4-7-22(21)24)29-23-8-3-2-6-19(23)12-14-33(28)29/h2-11,16-17,27-29,31H,12-15,18H2,1H3/t27-,28+,29-/m1/s1. The van der Waals surface area contributed by atoms with Gasteiger partial charge in [0.05, 0.1) is 19.3 Å². The average Bonchev–Trinajstić information content (AvgIpc) is 3.66. The summed E-state index contributed by atoms with van der Waals surface area (Å²) in [6, 6.07) is 22.5. The molecule has 0 unspecified atom stereocenters. The number of benzene rings is 3. The van der Waals surface area contributed by atoms with Gasteiger partial charge in [-0.25, -0.2) is 0 Å². The third-order valence-corrected chi connectivity index (χ3v) is 8.11. The van der Waals surface area contributed by atoms with E-state index in [1.165, 1.54) is 29.2 Å². The largest absolute Gasteiger partial charge is 0.468 e. The second kappa shape index (κ2) is 8.94. The number of hydrogen-bond acceptors (Lipinski definition) is 6. The van der Waals surface area contributed by atoms with E-state index in [-0.39, 0.29) is 25.0 Å². The molecule has 1 saturated heterocycles. The van der Waals surface area contributed by atoms with Gasteiger partial charge in [-0.2, -0.15) is 0 Å². The van der Waals surface area contributed by atoms with Crippen molar-refractivity contribution >= 4 is 16.9 Å². The minimum Gasteiger partial charge on any atom is -0.468 e. The molecule has 3 atom stereocenters. The number of fused-ring (bicyclic) bond motifs is 5. The number of para-hydroxylation sites is 1. The molecule has 1 N–H and O–H groups in total. The van der Waals surface area contributed by atoms with Gasteiger partial charge in [0.1, 0.15) is 6.04 Å². The van der Waals surface area contributed by atoms with Crippen LogP contribution in [0.5, 0.6) is 11.5 Å². The van der Waals surface area contributed by atoms with Crippen LogP contribution in [-0.2, 0) is 22.4 Å². The van der Waals surface area contributed by atoms with Crippen molar-refractivity contribution in [2.24, 2.45) is 0 Å². The van der Waals surface area contributed by atoms with Gasteiger partial charge in [0.25, 0.3) is 0 Å². The van der Waals surface area contributed by atoms with Crippen molar-refractivity contribution < 1.29 is 19.0 Å². The van der Waals surface area contributed by atoms with Crippen LogP contribution in [0.25, 0.3) is 10.9 Å². The van der Waals surface area contributed by atoms with Gasteiger partial charge < -0.3 is 19.2 Å². The Bertz CT molecular complexity index is 1480. The Labute approximate surface area is 215 Å². The Kier molecular flexibility index (Phi) is 5.41. The van der Waals surface area contributed by atoms with E-state index in [0.717, 1.165) is 48.5 Å². The molecule has 1 aromatic heterocycles. The number of methoxy groups -OCH3 is 1. The van der Waals surface area contributed by atoms with Gasteiger partial charge in [0, 0.05) is 30.2 Å². The van der Waals surface area contributed by atoms with Gasteiger partial charge >= 0.3 is 5.97 Å². The lowest BCUT2D eigenvalue weighted by molar-refractivity contribution is -0.147. The number of ether oxygens (including phenoxy) is 3. The van der Waals surface area contributed by atoms with Crippen LogP contribution in [0, 0.1) is 0 Å². The van der Waals surface area contributed by atoms with Crippen molar-refractivity contribution in [2.45, 2.75) is 31.1 Å². The van der Waals surface area contributed by atoms with Gasteiger partial charge in [-0.3, -0.25) is 14.6 Å². The first-order valence-electron chi connectivity index (χ1n) is 12.8. The molecule has 0 spiro atoms. The second-order valence-electron chi connectivity index (χ2n) is 9.93. The third kappa shape index (κ3) is 3.61. The van der Waals surface area contributed by atoms with E-state index >= 15 is 0 Å². The van der Waals surface area contributed by atoms with Crippen molar-refractivity contribution in [3.63, 3.8) is 0 Å². The highest BCUT2D eigenvalue weighted by Crippen LogP contribution is 2.49. The van der Waals surface area contributed by atoms with Crippen LogP contribution in [0.15, 0.2) is 72.9 Å². The molecule has 3 aromatic carbocycles. The Morgan fingerprint density at radius 2 is 1.89 bits per heavy atom. The highest BCUT2D eigenvalue weighted by molar-refractivity contribution is 5.83. The first-order valence-corrected chi connectivity index (χ1v) is 12.8. The second-order valence-corrected chi connectivity index (χ2v) is 9.93. The summed E-state index contributed by atoms with van der Waals surface area (Å²) in [6.45, 7) is 1.80. The maximum Gasteiger partial charge on any atom is 0.325 e. The summed E-state index contributed by atoms with van der Waals surface area (Å²) in [6.07, 6.45) is 3.85. The van der Waals surface area contributed by atoms with Gasteiger partial charge in [-0.05, 0) is 53.3 Å². The normalized spacial score (nSPS) is 22.7. The van der Waals surface area contributed by atoms with E-state index in [2.05, 4.69) is 75.6 Å².